The van der Waals surface area contributed by atoms with E-state index in [4.69, 9.17) is 0 Å². The van der Waals surface area contributed by atoms with Gasteiger partial charge < -0.3 is 15.2 Å². The molecule has 0 spiro atoms. The summed E-state index contributed by atoms with van der Waals surface area (Å²) in [6.07, 6.45) is 10.9. The third-order valence-electron chi connectivity index (χ3n) is 4.24. The molecule has 0 atom stereocenters. The fraction of sp³-hybridized carbons (Fsp3) is 0.714. The molecule has 1 aromatic rings. The molecule has 1 aliphatic rings. The van der Waals surface area contributed by atoms with E-state index in [1.165, 1.54) is 25.7 Å². The van der Waals surface area contributed by atoms with E-state index in [1.807, 2.05) is 19.6 Å². The van der Waals surface area contributed by atoms with Gasteiger partial charge in [-0.2, -0.15) is 0 Å². The Kier molecular flexibility index (Phi) is 4.82. The largest absolute Gasteiger partial charge is 0.356 e. The highest BCUT2D eigenvalue weighted by atomic mass is 15.2. The van der Waals surface area contributed by atoms with E-state index in [-0.39, 0.29) is 0 Å². The Balaban J connectivity index is 1.68. The molecule has 0 bridgehead atoms. The number of hydrogen-bond donors (Lipinski definition) is 2. The quantitative estimate of drug-likeness (QED) is 0.606. The predicted molar refractivity (Wildman–Crippen MR) is 78.2 cm³/mol. The maximum atomic E-state index is 4.27. The van der Waals surface area contributed by atoms with Crippen molar-refractivity contribution in [1.82, 2.24) is 20.2 Å². The van der Waals surface area contributed by atoms with E-state index in [0.29, 0.717) is 5.41 Å². The maximum Gasteiger partial charge on any atom is 0.191 e. The first-order valence-electron chi connectivity index (χ1n) is 7.18. The average molecular weight is 263 g/mol. The molecular weight excluding hydrogens is 238 g/mol. The summed E-state index contributed by atoms with van der Waals surface area (Å²) in [5.41, 5.74) is 0.516. The normalized spacial score (nSPS) is 17.9. The van der Waals surface area contributed by atoms with Gasteiger partial charge in [0.15, 0.2) is 5.96 Å². The molecule has 0 amide bonds. The van der Waals surface area contributed by atoms with Gasteiger partial charge >= 0.3 is 0 Å². The Morgan fingerprint density at radius 2 is 2.26 bits per heavy atom. The first kappa shape index (κ1) is 13.9. The van der Waals surface area contributed by atoms with Gasteiger partial charge in [-0.25, -0.2) is 4.98 Å². The second-order valence-corrected chi connectivity index (χ2v) is 5.36. The number of aliphatic imine (C=N–C) groups is 1. The van der Waals surface area contributed by atoms with Crippen LogP contribution in [-0.4, -0.2) is 35.6 Å². The van der Waals surface area contributed by atoms with E-state index in [0.717, 1.165) is 25.6 Å². The number of imidazole rings is 1. The molecule has 0 aliphatic heterocycles. The molecule has 5 nitrogen and oxygen atoms in total. The van der Waals surface area contributed by atoms with Crippen molar-refractivity contribution in [3.63, 3.8) is 0 Å². The van der Waals surface area contributed by atoms with Gasteiger partial charge in [0, 0.05) is 39.1 Å². The second kappa shape index (κ2) is 6.59. The fourth-order valence-corrected chi connectivity index (χ4v) is 2.55. The van der Waals surface area contributed by atoms with Crippen molar-refractivity contribution < 1.29 is 0 Å². The molecule has 1 saturated carbocycles. The molecular formula is C14H25N5. The van der Waals surface area contributed by atoms with Crippen LogP contribution in [0.3, 0.4) is 0 Å². The smallest absolute Gasteiger partial charge is 0.191 e. The molecule has 2 N–H and O–H groups in total. The van der Waals surface area contributed by atoms with Crippen LogP contribution in [-0.2, 0) is 6.54 Å². The second-order valence-electron chi connectivity index (χ2n) is 5.36. The van der Waals surface area contributed by atoms with Crippen LogP contribution in [0.25, 0.3) is 0 Å². The SMILES string of the molecule is CCC1(CNC(=NC)NCCn2ccnc2)CCC1. The van der Waals surface area contributed by atoms with E-state index in [2.05, 4.69) is 32.1 Å². The van der Waals surface area contributed by atoms with E-state index in [9.17, 15) is 0 Å². The summed E-state index contributed by atoms with van der Waals surface area (Å²) < 4.78 is 2.06. The Morgan fingerprint density at radius 1 is 1.42 bits per heavy atom. The minimum atomic E-state index is 0.516. The molecule has 0 unspecified atom stereocenters. The third-order valence-corrected chi connectivity index (χ3v) is 4.24. The molecule has 0 radical (unpaired) electrons. The first-order chi connectivity index (χ1) is 9.28. The summed E-state index contributed by atoms with van der Waals surface area (Å²) >= 11 is 0. The van der Waals surface area contributed by atoms with Crippen LogP contribution < -0.4 is 10.6 Å². The third kappa shape index (κ3) is 3.72. The summed E-state index contributed by atoms with van der Waals surface area (Å²) in [7, 11) is 1.83. The Labute approximate surface area is 115 Å². The number of hydrogen-bond acceptors (Lipinski definition) is 2. The molecule has 1 heterocycles. The highest BCUT2D eigenvalue weighted by Crippen LogP contribution is 2.42. The summed E-state index contributed by atoms with van der Waals surface area (Å²) in [6, 6.07) is 0. The Morgan fingerprint density at radius 3 is 2.79 bits per heavy atom. The van der Waals surface area contributed by atoms with E-state index in [1.54, 1.807) is 6.20 Å². The zero-order valence-electron chi connectivity index (χ0n) is 12.0. The Bertz CT molecular complexity index is 386. The van der Waals surface area contributed by atoms with Crippen molar-refractivity contribution in [3.05, 3.63) is 18.7 Å². The highest BCUT2D eigenvalue weighted by Gasteiger charge is 2.34. The lowest BCUT2D eigenvalue weighted by atomic mass is 9.67. The highest BCUT2D eigenvalue weighted by molar-refractivity contribution is 5.79. The zero-order chi connectivity index (χ0) is 13.6. The summed E-state index contributed by atoms with van der Waals surface area (Å²) in [4.78, 5) is 8.30. The Hall–Kier alpha value is -1.52. The lowest BCUT2D eigenvalue weighted by Crippen LogP contribution is -2.46. The topological polar surface area (TPSA) is 54.2 Å². The lowest BCUT2D eigenvalue weighted by Gasteiger charge is -2.41. The molecule has 1 aliphatic carbocycles. The molecule has 1 aromatic heterocycles. The maximum absolute atomic E-state index is 4.27. The summed E-state index contributed by atoms with van der Waals surface area (Å²) in [5.74, 6) is 0.903. The van der Waals surface area contributed by atoms with Gasteiger partial charge in [0.2, 0.25) is 0 Å². The number of guanidine groups is 1. The van der Waals surface area contributed by atoms with Gasteiger partial charge in [0.1, 0.15) is 0 Å². The van der Waals surface area contributed by atoms with Crippen LogP contribution in [0.5, 0.6) is 0 Å². The van der Waals surface area contributed by atoms with Crippen molar-refractivity contribution in [2.75, 3.05) is 20.1 Å². The fourth-order valence-electron chi connectivity index (χ4n) is 2.55. The zero-order valence-corrected chi connectivity index (χ0v) is 12.0. The molecule has 0 saturated heterocycles. The molecule has 5 heteroatoms. The number of aromatic nitrogens is 2. The summed E-state index contributed by atoms with van der Waals surface area (Å²) in [6.45, 7) is 5.08. The van der Waals surface area contributed by atoms with Crippen LogP contribution in [0.2, 0.25) is 0 Å². The van der Waals surface area contributed by atoms with E-state index >= 15 is 0 Å². The number of rotatable bonds is 6. The van der Waals surface area contributed by atoms with Crippen LogP contribution in [0.4, 0.5) is 0 Å². The minimum absolute atomic E-state index is 0.516. The number of nitrogens with zero attached hydrogens (tertiary/aromatic N) is 3. The van der Waals surface area contributed by atoms with Crippen molar-refractivity contribution >= 4 is 5.96 Å². The van der Waals surface area contributed by atoms with Crippen LogP contribution >= 0.6 is 0 Å². The van der Waals surface area contributed by atoms with Crippen LogP contribution in [0, 0.1) is 5.41 Å². The van der Waals surface area contributed by atoms with Crippen LogP contribution in [0.15, 0.2) is 23.7 Å². The monoisotopic (exact) mass is 263 g/mol. The summed E-state index contributed by atoms with van der Waals surface area (Å²) in [5, 5.41) is 6.80. The van der Waals surface area contributed by atoms with Crippen molar-refractivity contribution in [2.45, 2.75) is 39.2 Å². The van der Waals surface area contributed by atoms with Gasteiger partial charge in [-0.05, 0) is 24.7 Å². The molecule has 19 heavy (non-hydrogen) atoms. The van der Waals surface area contributed by atoms with Crippen molar-refractivity contribution in [2.24, 2.45) is 10.4 Å². The molecule has 2 rings (SSSR count). The van der Waals surface area contributed by atoms with Crippen molar-refractivity contribution in [1.29, 1.82) is 0 Å². The number of nitrogens with one attached hydrogen (secondary N) is 2. The van der Waals surface area contributed by atoms with Gasteiger partial charge in [-0.15, -0.1) is 0 Å². The molecule has 1 fully saturated rings. The molecule has 0 aromatic carbocycles. The van der Waals surface area contributed by atoms with Crippen LogP contribution in [0.1, 0.15) is 32.6 Å². The van der Waals surface area contributed by atoms with Gasteiger partial charge in [0.05, 0.1) is 6.33 Å². The average Bonchev–Trinajstić information content (AvgIpc) is 2.89. The predicted octanol–water partition coefficient (Wildman–Crippen LogP) is 1.63. The van der Waals surface area contributed by atoms with E-state index < -0.39 is 0 Å². The standard InChI is InChI=1S/C14H25N5/c1-3-14(5-4-6-14)11-18-13(15-2)17-8-10-19-9-7-16-12-19/h7,9,12H,3-6,8,10-11H2,1-2H3,(H2,15,17,18). The van der Waals surface area contributed by atoms with Gasteiger partial charge in [-0.1, -0.05) is 13.3 Å². The van der Waals surface area contributed by atoms with Crippen molar-refractivity contribution in [3.8, 4) is 0 Å². The van der Waals surface area contributed by atoms with Gasteiger partial charge in [-0.3, -0.25) is 4.99 Å². The van der Waals surface area contributed by atoms with Gasteiger partial charge in [0.25, 0.3) is 0 Å². The first-order valence-corrected chi connectivity index (χ1v) is 7.18. The minimum Gasteiger partial charge on any atom is -0.356 e. The lowest BCUT2D eigenvalue weighted by molar-refractivity contribution is 0.131. The molecule has 106 valence electrons.